The summed E-state index contributed by atoms with van der Waals surface area (Å²) < 4.78 is 5.61. The zero-order valence-electron chi connectivity index (χ0n) is 12.7. The van der Waals surface area contributed by atoms with Crippen LogP contribution in [0.5, 0.6) is 5.75 Å². The van der Waals surface area contributed by atoms with Crippen molar-refractivity contribution < 1.29 is 9.53 Å². The first-order valence-corrected chi connectivity index (χ1v) is 7.98. The third-order valence-corrected chi connectivity index (χ3v) is 4.59. The highest BCUT2D eigenvalue weighted by Crippen LogP contribution is 2.22. The van der Waals surface area contributed by atoms with Crippen molar-refractivity contribution in [1.82, 2.24) is 5.32 Å². The van der Waals surface area contributed by atoms with E-state index in [-0.39, 0.29) is 5.91 Å². The number of thiophene rings is 1. The maximum atomic E-state index is 12.0. The van der Waals surface area contributed by atoms with Gasteiger partial charge in [-0.2, -0.15) is 0 Å². The Morgan fingerprint density at radius 3 is 2.76 bits per heavy atom. The molecule has 0 radical (unpaired) electrons. The molecule has 1 amide bonds. The van der Waals surface area contributed by atoms with Crippen LogP contribution in [0.1, 0.15) is 32.6 Å². The second kappa shape index (κ2) is 7.27. The molecule has 0 bridgehead atoms. The Kier molecular flexibility index (Phi) is 5.39. The zero-order valence-corrected chi connectivity index (χ0v) is 13.5. The van der Waals surface area contributed by atoms with Crippen LogP contribution < -0.4 is 10.1 Å². The molecule has 0 unspecified atom stereocenters. The number of amides is 1. The number of hydrogen-bond donors (Lipinski definition) is 1. The monoisotopic (exact) mass is 303 g/mol. The van der Waals surface area contributed by atoms with Crippen molar-refractivity contribution in [3.05, 3.63) is 51.2 Å². The van der Waals surface area contributed by atoms with E-state index >= 15 is 0 Å². The molecule has 0 aliphatic rings. The molecule has 4 heteroatoms. The molecule has 2 rings (SSSR count). The van der Waals surface area contributed by atoms with Gasteiger partial charge in [0.15, 0.2) is 0 Å². The van der Waals surface area contributed by atoms with Gasteiger partial charge in [-0.25, -0.2) is 0 Å². The Hall–Kier alpha value is -1.81. The number of nitrogens with one attached hydrogen (secondary N) is 1. The summed E-state index contributed by atoms with van der Waals surface area (Å²) in [5.74, 6) is 0.820. The number of rotatable bonds is 6. The first-order chi connectivity index (χ1) is 10.1. The van der Waals surface area contributed by atoms with Crippen LogP contribution in [-0.2, 0) is 6.42 Å². The molecule has 0 saturated heterocycles. The van der Waals surface area contributed by atoms with E-state index in [9.17, 15) is 4.79 Å². The molecule has 1 aromatic carbocycles. The Morgan fingerprint density at radius 2 is 2.10 bits per heavy atom. The summed E-state index contributed by atoms with van der Waals surface area (Å²) >= 11 is 1.57. The summed E-state index contributed by atoms with van der Waals surface area (Å²) in [7, 11) is 0. The molecule has 2 aromatic rings. The molecule has 112 valence electrons. The number of ether oxygens (including phenoxy) is 1. The summed E-state index contributed by atoms with van der Waals surface area (Å²) in [6.45, 7) is 7.16. The molecular weight excluding hydrogens is 282 g/mol. The number of benzene rings is 1. The maximum absolute atomic E-state index is 12.0. The number of carbonyl (C=O) groups is 1. The van der Waals surface area contributed by atoms with E-state index in [0.717, 1.165) is 22.6 Å². The van der Waals surface area contributed by atoms with E-state index in [4.69, 9.17) is 4.74 Å². The van der Waals surface area contributed by atoms with Crippen LogP contribution in [0.2, 0.25) is 0 Å². The molecule has 3 nitrogen and oxygen atoms in total. The fraction of sp³-hybridized carbons (Fsp3) is 0.353. The van der Waals surface area contributed by atoms with Crippen LogP contribution >= 0.6 is 11.3 Å². The first kappa shape index (κ1) is 15.6. The van der Waals surface area contributed by atoms with Crippen molar-refractivity contribution in [2.24, 2.45) is 0 Å². The molecule has 1 aromatic heterocycles. The lowest BCUT2D eigenvalue weighted by atomic mass is 10.2. The van der Waals surface area contributed by atoms with E-state index in [0.29, 0.717) is 13.2 Å². The smallest absolute Gasteiger partial charge is 0.261 e. The highest BCUT2D eigenvalue weighted by atomic mass is 32.1. The van der Waals surface area contributed by atoms with Crippen LogP contribution in [0.3, 0.4) is 0 Å². The fourth-order valence-electron chi connectivity index (χ4n) is 2.11. The highest BCUT2D eigenvalue weighted by Gasteiger charge is 2.10. The van der Waals surface area contributed by atoms with Crippen molar-refractivity contribution in [2.75, 3.05) is 13.2 Å². The van der Waals surface area contributed by atoms with Gasteiger partial charge in [-0.1, -0.05) is 19.1 Å². The van der Waals surface area contributed by atoms with Crippen LogP contribution in [-0.4, -0.2) is 19.1 Å². The van der Waals surface area contributed by atoms with E-state index < -0.39 is 0 Å². The number of hydrogen-bond acceptors (Lipinski definition) is 3. The molecule has 0 fully saturated rings. The Morgan fingerprint density at radius 1 is 1.29 bits per heavy atom. The lowest BCUT2D eigenvalue weighted by Crippen LogP contribution is -2.27. The third kappa shape index (κ3) is 4.33. The lowest BCUT2D eigenvalue weighted by molar-refractivity contribution is 0.0951. The van der Waals surface area contributed by atoms with Gasteiger partial charge in [-0.3, -0.25) is 4.79 Å². The number of aryl methyl sites for hydroxylation is 3. The van der Waals surface area contributed by atoms with E-state index in [1.54, 1.807) is 11.3 Å². The average Bonchev–Trinajstić information content (AvgIpc) is 2.85. The molecule has 1 heterocycles. The van der Waals surface area contributed by atoms with Gasteiger partial charge in [0.05, 0.1) is 11.4 Å². The van der Waals surface area contributed by atoms with Crippen LogP contribution in [0.4, 0.5) is 0 Å². The Bertz CT molecular complexity index is 619. The summed E-state index contributed by atoms with van der Waals surface area (Å²) in [6, 6.07) is 9.85. The predicted octanol–water partition coefficient (Wildman–Crippen LogP) is 3.74. The molecule has 0 saturated carbocycles. The topological polar surface area (TPSA) is 38.3 Å². The van der Waals surface area contributed by atoms with E-state index in [1.807, 2.05) is 44.2 Å². The first-order valence-electron chi connectivity index (χ1n) is 7.17. The van der Waals surface area contributed by atoms with Crippen LogP contribution in [0, 0.1) is 13.8 Å². The minimum atomic E-state index is -0.0179. The summed E-state index contributed by atoms with van der Waals surface area (Å²) in [4.78, 5) is 14.1. The second-order valence-electron chi connectivity index (χ2n) is 4.99. The van der Waals surface area contributed by atoms with E-state index in [1.165, 1.54) is 10.4 Å². The molecule has 21 heavy (non-hydrogen) atoms. The van der Waals surface area contributed by atoms with Crippen molar-refractivity contribution in [2.45, 2.75) is 27.2 Å². The van der Waals surface area contributed by atoms with Crippen LogP contribution in [0.25, 0.3) is 0 Å². The SMILES string of the molecule is CCc1sc(C(=O)NCCOc2cccc(C)c2)cc1C. The molecule has 0 aliphatic carbocycles. The second-order valence-corrected chi connectivity index (χ2v) is 6.13. The van der Waals surface area contributed by atoms with Gasteiger partial charge in [-0.15, -0.1) is 11.3 Å². The molecular formula is C17H21NO2S. The quantitative estimate of drug-likeness (QED) is 0.826. The fourth-order valence-corrected chi connectivity index (χ4v) is 3.14. The van der Waals surface area contributed by atoms with Crippen molar-refractivity contribution >= 4 is 17.2 Å². The minimum Gasteiger partial charge on any atom is -0.492 e. The maximum Gasteiger partial charge on any atom is 0.261 e. The summed E-state index contributed by atoms with van der Waals surface area (Å²) in [5.41, 5.74) is 2.36. The van der Waals surface area contributed by atoms with Crippen molar-refractivity contribution in [3.63, 3.8) is 0 Å². The average molecular weight is 303 g/mol. The Labute approximate surface area is 130 Å². The molecule has 0 aliphatic heterocycles. The normalized spacial score (nSPS) is 10.4. The third-order valence-electron chi connectivity index (χ3n) is 3.21. The van der Waals surface area contributed by atoms with Gasteiger partial charge in [-0.05, 0) is 49.6 Å². The minimum absolute atomic E-state index is 0.0179. The largest absolute Gasteiger partial charge is 0.492 e. The van der Waals surface area contributed by atoms with Gasteiger partial charge in [0, 0.05) is 4.88 Å². The molecule has 0 atom stereocenters. The molecule has 1 N–H and O–H groups in total. The van der Waals surface area contributed by atoms with Crippen molar-refractivity contribution in [1.29, 1.82) is 0 Å². The van der Waals surface area contributed by atoms with Gasteiger partial charge in [0.1, 0.15) is 12.4 Å². The standard InChI is InChI=1S/C17H21NO2S/c1-4-15-13(3)11-16(21-15)17(19)18-8-9-20-14-7-5-6-12(2)10-14/h5-7,10-11H,4,8-9H2,1-3H3,(H,18,19). The Balaban J connectivity index is 1.79. The zero-order chi connectivity index (χ0) is 15.2. The molecule has 0 spiro atoms. The van der Waals surface area contributed by atoms with Gasteiger partial charge in [0.2, 0.25) is 0 Å². The number of carbonyl (C=O) groups excluding carboxylic acids is 1. The van der Waals surface area contributed by atoms with E-state index in [2.05, 4.69) is 12.2 Å². The van der Waals surface area contributed by atoms with Gasteiger partial charge < -0.3 is 10.1 Å². The van der Waals surface area contributed by atoms with Gasteiger partial charge in [0.25, 0.3) is 5.91 Å². The summed E-state index contributed by atoms with van der Waals surface area (Å²) in [5, 5.41) is 2.89. The predicted molar refractivity (Wildman–Crippen MR) is 87.4 cm³/mol. The van der Waals surface area contributed by atoms with Crippen molar-refractivity contribution in [3.8, 4) is 5.75 Å². The van der Waals surface area contributed by atoms with Crippen LogP contribution in [0.15, 0.2) is 30.3 Å². The van der Waals surface area contributed by atoms with Gasteiger partial charge >= 0.3 is 0 Å². The highest BCUT2D eigenvalue weighted by molar-refractivity contribution is 7.14. The summed E-state index contributed by atoms with van der Waals surface area (Å²) in [6.07, 6.45) is 0.972. The lowest BCUT2D eigenvalue weighted by Gasteiger charge is -2.07.